The number of hydrogen-bond donors (Lipinski definition) is 2. The third-order valence-electron chi connectivity index (χ3n) is 3.51. The summed E-state index contributed by atoms with van der Waals surface area (Å²) in [5, 5.41) is 9.89. The maximum Gasteiger partial charge on any atom is 0.252 e. The van der Waals surface area contributed by atoms with E-state index in [1.54, 1.807) is 22.8 Å². The molecule has 3 rings (SSSR count). The first-order chi connectivity index (χ1) is 10.7. The Bertz CT molecular complexity index is 641. The van der Waals surface area contributed by atoms with Gasteiger partial charge in [-0.15, -0.1) is 11.3 Å². The molecule has 0 radical (unpaired) electrons. The molecule has 0 bridgehead atoms. The first-order valence-electron chi connectivity index (χ1n) is 7.31. The van der Waals surface area contributed by atoms with Crippen LogP contribution in [-0.4, -0.2) is 23.3 Å². The number of thiophene rings is 1. The van der Waals surface area contributed by atoms with E-state index in [0.29, 0.717) is 17.2 Å². The molecule has 0 saturated carbocycles. The largest absolute Gasteiger partial charge is 0.351 e. The Morgan fingerprint density at radius 1 is 1.27 bits per heavy atom. The average Bonchev–Trinajstić information content (AvgIpc) is 3.15. The number of nitrogens with one attached hydrogen (secondary N) is 2. The minimum absolute atomic E-state index is 0.114. The van der Waals surface area contributed by atoms with E-state index in [0.717, 1.165) is 18.5 Å². The van der Waals surface area contributed by atoms with Gasteiger partial charge in [0.1, 0.15) is 0 Å². The number of carbonyl (C=O) groups excluding carboxylic acids is 2. The topological polar surface area (TPSA) is 71.1 Å². The molecular formula is C15H17N3O2S2. The number of anilines is 1. The van der Waals surface area contributed by atoms with Crippen LogP contribution in [0.3, 0.4) is 0 Å². The maximum absolute atomic E-state index is 11.9. The van der Waals surface area contributed by atoms with Crippen LogP contribution in [0, 0.1) is 0 Å². The van der Waals surface area contributed by atoms with Crippen LogP contribution in [0.4, 0.5) is 5.13 Å². The van der Waals surface area contributed by atoms with Gasteiger partial charge in [-0.05, 0) is 37.1 Å². The van der Waals surface area contributed by atoms with Crippen LogP contribution in [0.15, 0.2) is 16.8 Å². The van der Waals surface area contributed by atoms with Gasteiger partial charge in [0.2, 0.25) is 5.91 Å². The predicted molar refractivity (Wildman–Crippen MR) is 88.7 cm³/mol. The molecule has 22 heavy (non-hydrogen) atoms. The van der Waals surface area contributed by atoms with Crippen molar-refractivity contribution in [3.8, 4) is 0 Å². The molecule has 0 aromatic carbocycles. The molecule has 2 amide bonds. The molecule has 1 aliphatic rings. The second-order valence-electron chi connectivity index (χ2n) is 5.16. The molecule has 7 heteroatoms. The van der Waals surface area contributed by atoms with Crippen LogP contribution in [-0.2, 0) is 17.6 Å². The highest BCUT2D eigenvalue weighted by Gasteiger charge is 2.16. The second kappa shape index (κ2) is 7.02. The van der Waals surface area contributed by atoms with Crippen molar-refractivity contribution in [3.63, 3.8) is 0 Å². The number of carbonyl (C=O) groups is 2. The molecule has 2 heterocycles. The average molecular weight is 335 g/mol. The van der Waals surface area contributed by atoms with E-state index in [1.165, 1.54) is 29.1 Å². The number of hydrogen-bond acceptors (Lipinski definition) is 5. The normalized spacial score (nSPS) is 13.5. The summed E-state index contributed by atoms with van der Waals surface area (Å²) in [5.41, 5.74) is 1.77. The Morgan fingerprint density at radius 2 is 2.14 bits per heavy atom. The highest BCUT2D eigenvalue weighted by atomic mass is 32.1. The zero-order valence-electron chi connectivity index (χ0n) is 12.1. The predicted octanol–water partition coefficient (Wildman–Crippen LogP) is 2.84. The van der Waals surface area contributed by atoms with Crippen molar-refractivity contribution in [1.29, 1.82) is 0 Å². The molecule has 0 spiro atoms. The molecule has 2 aromatic heterocycles. The van der Waals surface area contributed by atoms with Crippen molar-refractivity contribution in [2.45, 2.75) is 32.1 Å². The summed E-state index contributed by atoms with van der Waals surface area (Å²) in [6, 6.07) is 1.76. The fraction of sp³-hybridized carbons (Fsp3) is 0.400. The number of aromatic nitrogens is 1. The fourth-order valence-electron chi connectivity index (χ4n) is 2.37. The Balaban J connectivity index is 1.44. The molecule has 0 atom stereocenters. The summed E-state index contributed by atoms with van der Waals surface area (Å²) in [5.74, 6) is -0.254. The third-order valence-corrected chi connectivity index (χ3v) is 5.27. The Hall–Kier alpha value is -1.73. The Morgan fingerprint density at radius 3 is 2.91 bits per heavy atom. The summed E-state index contributed by atoms with van der Waals surface area (Å²) in [6.45, 7) is 0.325. The lowest BCUT2D eigenvalue weighted by Gasteiger charge is -2.06. The number of nitrogens with zero attached hydrogens (tertiary/aromatic N) is 1. The number of fused-ring (bicyclic) bond motifs is 1. The molecule has 0 fully saturated rings. The molecule has 0 aliphatic heterocycles. The maximum atomic E-state index is 11.9. The van der Waals surface area contributed by atoms with Crippen molar-refractivity contribution in [1.82, 2.24) is 10.3 Å². The van der Waals surface area contributed by atoms with Gasteiger partial charge < -0.3 is 10.6 Å². The zero-order chi connectivity index (χ0) is 15.4. The monoisotopic (exact) mass is 335 g/mol. The van der Waals surface area contributed by atoms with E-state index < -0.39 is 0 Å². The van der Waals surface area contributed by atoms with Crippen molar-refractivity contribution in [2.24, 2.45) is 0 Å². The quantitative estimate of drug-likeness (QED) is 0.882. The van der Waals surface area contributed by atoms with Gasteiger partial charge in [0.15, 0.2) is 5.13 Å². The first-order valence-corrected chi connectivity index (χ1v) is 9.07. The number of aryl methyl sites for hydroxylation is 2. The van der Waals surface area contributed by atoms with E-state index in [4.69, 9.17) is 0 Å². The minimum Gasteiger partial charge on any atom is -0.351 e. The Kier molecular flexibility index (Phi) is 4.84. The van der Waals surface area contributed by atoms with Gasteiger partial charge in [-0.25, -0.2) is 4.98 Å². The molecule has 0 unspecified atom stereocenters. The van der Waals surface area contributed by atoms with Crippen LogP contribution in [0.25, 0.3) is 0 Å². The molecule has 2 N–H and O–H groups in total. The van der Waals surface area contributed by atoms with E-state index in [1.807, 2.05) is 5.38 Å². The van der Waals surface area contributed by atoms with Crippen LogP contribution in [0.5, 0.6) is 0 Å². The Labute approximate surface area is 136 Å². The standard InChI is InChI=1S/C15H17N3O2S2/c19-13(5-7-16-14(20)10-6-8-21-9-10)18-15-17-11-3-1-2-4-12(11)22-15/h6,8-9H,1-5,7H2,(H,16,20)(H,17,18,19). The number of amides is 2. The summed E-state index contributed by atoms with van der Waals surface area (Å²) < 4.78 is 0. The van der Waals surface area contributed by atoms with Gasteiger partial charge in [-0.2, -0.15) is 11.3 Å². The van der Waals surface area contributed by atoms with E-state index in [2.05, 4.69) is 15.6 Å². The summed E-state index contributed by atoms with van der Waals surface area (Å²) in [4.78, 5) is 29.4. The minimum atomic E-state index is -0.140. The lowest BCUT2D eigenvalue weighted by Crippen LogP contribution is -2.27. The zero-order valence-corrected chi connectivity index (χ0v) is 13.7. The molecule has 0 saturated heterocycles. The van der Waals surface area contributed by atoms with Crippen LogP contribution in [0.1, 0.15) is 40.2 Å². The van der Waals surface area contributed by atoms with Crippen molar-refractivity contribution < 1.29 is 9.59 Å². The van der Waals surface area contributed by atoms with Crippen LogP contribution in [0.2, 0.25) is 0 Å². The number of rotatable bonds is 5. The third kappa shape index (κ3) is 3.72. The lowest BCUT2D eigenvalue weighted by atomic mass is 10.0. The molecule has 1 aliphatic carbocycles. The van der Waals surface area contributed by atoms with Gasteiger partial charge in [0.25, 0.3) is 5.91 Å². The summed E-state index contributed by atoms with van der Waals surface area (Å²) in [6.07, 6.45) is 4.72. The molecular weight excluding hydrogens is 318 g/mol. The summed E-state index contributed by atoms with van der Waals surface area (Å²) in [7, 11) is 0. The smallest absolute Gasteiger partial charge is 0.252 e. The number of thiazole rings is 1. The van der Waals surface area contributed by atoms with E-state index >= 15 is 0 Å². The van der Waals surface area contributed by atoms with Crippen LogP contribution >= 0.6 is 22.7 Å². The highest BCUT2D eigenvalue weighted by molar-refractivity contribution is 7.15. The fourth-order valence-corrected chi connectivity index (χ4v) is 4.07. The second-order valence-corrected chi connectivity index (χ2v) is 7.03. The summed E-state index contributed by atoms with van der Waals surface area (Å²) >= 11 is 3.05. The molecule has 5 nitrogen and oxygen atoms in total. The molecule has 2 aromatic rings. The van der Waals surface area contributed by atoms with Crippen molar-refractivity contribution >= 4 is 39.6 Å². The first kappa shape index (κ1) is 15.2. The van der Waals surface area contributed by atoms with Crippen LogP contribution < -0.4 is 10.6 Å². The molecule has 116 valence electrons. The highest BCUT2D eigenvalue weighted by Crippen LogP contribution is 2.29. The SMILES string of the molecule is O=C(CCNC(=O)c1ccsc1)Nc1nc2c(s1)CCCC2. The van der Waals surface area contributed by atoms with Gasteiger partial charge in [-0.3, -0.25) is 9.59 Å². The van der Waals surface area contributed by atoms with Crippen molar-refractivity contribution in [2.75, 3.05) is 11.9 Å². The van der Waals surface area contributed by atoms with Gasteiger partial charge >= 0.3 is 0 Å². The van der Waals surface area contributed by atoms with E-state index in [-0.39, 0.29) is 18.2 Å². The van der Waals surface area contributed by atoms with Crippen molar-refractivity contribution in [3.05, 3.63) is 33.0 Å². The van der Waals surface area contributed by atoms with Gasteiger partial charge in [0.05, 0.1) is 5.69 Å². The van der Waals surface area contributed by atoms with E-state index in [9.17, 15) is 9.59 Å². The van der Waals surface area contributed by atoms with Gasteiger partial charge in [-0.1, -0.05) is 0 Å². The lowest BCUT2D eigenvalue weighted by molar-refractivity contribution is -0.116. The van der Waals surface area contributed by atoms with Gasteiger partial charge in [0, 0.05) is 28.8 Å².